The number of anilines is 1. The molecule has 1 aromatic carbocycles. The molecule has 0 fully saturated rings. The van der Waals surface area contributed by atoms with Crippen LogP contribution in [0.5, 0.6) is 0 Å². The van der Waals surface area contributed by atoms with Gasteiger partial charge in [-0.2, -0.15) is 0 Å². The number of carbonyl (C=O) groups is 1. The Morgan fingerprint density at radius 2 is 1.86 bits per heavy atom. The van der Waals surface area contributed by atoms with Crippen LogP contribution in [0, 0.1) is 0 Å². The van der Waals surface area contributed by atoms with E-state index in [0.29, 0.717) is 29.2 Å². The quantitative estimate of drug-likeness (QED) is 0.812. The van der Waals surface area contributed by atoms with Gasteiger partial charge in [0.2, 0.25) is 0 Å². The van der Waals surface area contributed by atoms with Crippen LogP contribution in [0.15, 0.2) is 18.2 Å². The summed E-state index contributed by atoms with van der Waals surface area (Å²) in [6.07, 6.45) is 0. The normalized spacial score (nSPS) is 11.3. The second kappa shape index (κ2) is 8.25. The van der Waals surface area contributed by atoms with E-state index in [1.807, 2.05) is 6.07 Å². The van der Waals surface area contributed by atoms with E-state index in [9.17, 15) is 4.79 Å². The lowest BCUT2D eigenvalue weighted by molar-refractivity contribution is 0.0940. The smallest absolute Gasteiger partial charge is 0.253 e. The molecule has 0 aliphatic rings. The van der Waals surface area contributed by atoms with Crippen LogP contribution in [0.2, 0.25) is 5.02 Å². The van der Waals surface area contributed by atoms with Gasteiger partial charge >= 0.3 is 0 Å². The fourth-order valence-corrected chi connectivity index (χ4v) is 2.60. The van der Waals surface area contributed by atoms with Crippen LogP contribution in [0.4, 0.5) is 5.69 Å². The highest BCUT2D eigenvalue weighted by molar-refractivity contribution is 6.31. The molecule has 118 valence electrons. The first-order chi connectivity index (χ1) is 9.86. The first-order valence-electron chi connectivity index (χ1n) is 7.38. The molecule has 5 heteroatoms. The lowest BCUT2D eigenvalue weighted by Gasteiger charge is -2.30. The summed E-state index contributed by atoms with van der Waals surface area (Å²) >= 11 is 5.97. The van der Waals surface area contributed by atoms with E-state index in [1.54, 1.807) is 19.2 Å². The van der Waals surface area contributed by atoms with E-state index in [1.165, 1.54) is 0 Å². The van der Waals surface area contributed by atoms with Crippen LogP contribution in [-0.4, -0.2) is 43.0 Å². The lowest BCUT2D eigenvalue weighted by Crippen LogP contribution is -2.42. The fourth-order valence-electron chi connectivity index (χ4n) is 2.43. The number of halogens is 1. The van der Waals surface area contributed by atoms with Gasteiger partial charge in [-0.1, -0.05) is 11.6 Å². The van der Waals surface area contributed by atoms with Gasteiger partial charge in [0, 0.05) is 42.9 Å². The van der Waals surface area contributed by atoms with E-state index >= 15 is 0 Å². The number of hydrogen-bond donors (Lipinski definition) is 2. The monoisotopic (exact) mass is 311 g/mol. The van der Waals surface area contributed by atoms with Gasteiger partial charge < -0.3 is 10.6 Å². The summed E-state index contributed by atoms with van der Waals surface area (Å²) in [5.74, 6) is -0.102. The first-order valence-corrected chi connectivity index (χ1v) is 7.75. The number of rotatable bonds is 7. The second-order valence-corrected chi connectivity index (χ2v) is 6.06. The fraction of sp³-hybridized carbons (Fsp3) is 0.562. The van der Waals surface area contributed by atoms with Gasteiger partial charge in [0.05, 0.1) is 5.56 Å². The number of carbonyl (C=O) groups excluding carboxylic acids is 1. The minimum Gasteiger partial charge on any atom is -0.387 e. The highest BCUT2D eigenvalue weighted by atomic mass is 35.5. The molecule has 4 nitrogen and oxygen atoms in total. The SMILES string of the molecule is CNc1ccc(Cl)cc1C(=O)NCCN(C(C)C)C(C)C. The molecule has 0 unspecified atom stereocenters. The highest BCUT2D eigenvalue weighted by Crippen LogP contribution is 2.20. The molecule has 1 amide bonds. The van der Waals surface area contributed by atoms with E-state index in [0.717, 1.165) is 12.2 Å². The molecule has 0 aliphatic heterocycles. The predicted molar refractivity (Wildman–Crippen MR) is 90.3 cm³/mol. The number of benzene rings is 1. The molecule has 0 radical (unpaired) electrons. The summed E-state index contributed by atoms with van der Waals surface area (Å²) in [6, 6.07) is 6.18. The largest absolute Gasteiger partial charge is 0.387 e. The van der Waals surface area contributed by atoms with Crippen molar-refractivity contribution in [2.75, 3.05) is 25.5 Å². The maximum absolute atomic E-state index is 12.3. The summed E-state index contributed by atoms with van der Waals surface area (Å²) in [5.41, 5.74) is 1.35. The molecule has 0 heterocycles. The average Bonchev–Trinajstić information content (AvgIpc) is 2.42. The Balaban J connectivity index is 2.64. The van der Waals surface area contributed by atoms with E-state index in [2.05, 4.69) is 43.2 Å². The minimum absolute atomic E-state index is 0.102. The number of nitrogens with one attached hydrogen (secondary N) is 2. The Morgan fingerprint density at radius 3 is 2.38 bits per heavy atom. The summed E-state index contributed by atoms with van der Waals surface area (Å²) in [5, 5.41) is 6.53. The maximum Gasteiger partial charge on any atom is 0.253 e. The molecule has 0 aromatic heterocycles. The maximum atomic E-state index is 12.3. The topological polar surface area (TPSA) is 44.4 Å². The third-order valence-electron chi connectivity index (χ3n) is 3.48. The summed E-state index contributed by atoms with van der Waals surface area (Å²) in [7, 11) is 1.79. The van der Waals surface area contributed by atoms with Crippen LogP contribution in [0.25, 0.3) is 0 Å². The Morgan fingerprint density at radius 1 is 1.24 bits per heavy atom. The molecule has 1 rings (SSSR count). The molecule has 0 bridgehead atoms. The van der Waals surface area contributed by atoms with Crippen molar-refractivity contribution in [1.29, 1.82) is 0 Å². The van der Waals surface area contributed by atoms with Crippen molar-refractivity contribution in [3.8, 4) is 0 Å². The first kappa shape index (κ1) is 17.8. The van der Waals surface area contributed by atoms with Gasteiger partial charge in [-0.05, 0) is 45.9 Å². The standard InChI is InChI=1S/C16H26ClN3O/c1-11(2)20(12(3)4)9-8-19-16(21)14-10-13(17)6-7-15(14)18-5/h6-7,10-12,18H,8-9H2,1-5H3,(H,19,21). The number of nitrogens with zero attached hydrogens (tertiary/aromatic N) is 1. The zero-order valence-electron chi connectivity index (χ0n) is 13.5. The van der Waals surface area contributed by atoms with E-state index in [-0.39, 0.29) is 5.91 Å². The molecule has 2 N–H and O–H groups in total. The van der Waals surface area contributed by atoms with E-state index in [4.69, 9.17) is 11.6 Å². The molecule has 1 aromatic rings. The van der Waals surface area contributed by atoms with Gasteiger partial charge in [0.1, 0.15) is 0 Å². The summed E-state index contributed by atoms with van der Waals surface area (Å²) in [6.45, 7) is 10.1. The van der Waals surface area contributed by atoms with Gasteiger partial charge in [-0.3, -0.25) is 9.69 Å². The van der Waals surface area contributed by atoms with Crippen LogP contribution >= 0.6 is 11.6 Å². The lowest BCUT2D eigenvalue weighted by atomic mass is 10.1. The average molecular weight is 312 g/mol. The molecule has 0 saturated carbocycles. The third kappa shape index (κ3) is 5.21. The zero-order chi connectivity index (χ0) is 16.0. The molecule has 0 saturated heterocycles. The van der Waals surface area contributed by atoms with Crippen molar-refractivity contribution < 1.29 is 4.79 Å². The van der Waals surface area contributed by atoms with Gasteiger partial charge in [0.15, 0.2) is 0 Å². The summed E-state index contributed by atoms with van der Waals surface area (Å²) < 4.78 is 0. The van der Waals surface area contributed by atoms with Crippen molar-refractivity contribution in [3.05, 3.63) is 28.8 Å². The van der Waals surface area contributed by atoms with Crippen LogP contribution < -0.4 is 10.6 Å². The summed E-state index contributed by atoms with van der Waals surface area (Å²) in [4.78, 5) is 14.6. The highest BCUT2D eigenvalue weighted by Gasteiger charge is 2.15. The molecule has 21 heavy (non-hydrogen) atoms. The molecular weight excluding hydrogens is 286 g/mol. The Kier molecular flexibility index (Phi) is 6.99. The van der Waals surface area contributed by atoms with Gasteiger partial charge in [0.25, 0.3) is 5.91 Å². The van der Waals surface area contributed by atoms with Crippen molar-refractivity contribution in [2.45, 2.75) is 39.8 Å². The van der Waals surface area contributed by atoms with Crippen molar-refractivity contribution >= 4 is 23.2 Å². The van der Waals surface area contributed by atoms with Crippen molar-refractivity contribution in [3.63, 3.8) is 0 Å². The molecule has 0 spiro atoms. The number of amides is 1. The third-order valence-corrected chi connectivity index (χ3v) is 3.71. The second-order valence-electron chi connectivity index (χ2n) is 5.62. The van der Waals surface area contributed by atoms with Crippen LogP contribution in [0.1, 0.15) is 38.1 Å². The Hall–Kier alpha value is -1.26. The zero-order valence-corrected chi connectivity index (χ0v) is 14.3. The van der Waals surface area contributed by atoms with Gasteiger partial charge in [-0.15, -0.1) is 0 Å². The predicted octanol–water partition coefficient (Wildman–Crippen LogP) is 3.23. The Labute approximate surface area is 132 Å². The van der Waals surface area contributed by atoms with Crippen molar-refractivity contribution in [2.24, 2.45) is 0 Å². The van der Waals surface area contributed by atoms with Gasteiger partial charge in [-0.25, -0.2) is 0 Å². The van der Waals surface area contributed by atoms with Crippen molar-refractivity contribution in [1.82, 2.24) is 10.2 Å². The molecular formula is C16H26ClN3O. The van der Waals surface area contributed by atoms with Crippen LogP contribution in [0.3, 0.4) is 0 Å². The van der Waals surface area contributed by atoms with Crippen LogP contribution in [-0.2, 0) is 0 Å². The molecule has 0 aliphatic carbocycles. The Bertz CT molecular complexity index is 467. The minimum atomic E-state index is -0.102. The van der Waals surface area contributed by atoms with E-state index < -0.39 is 0 Å². The number of hydrogen-bond acceptors (Lipinski definition) is 3. The molecule has 0 atom stereocenters.